The van der Waals surface area contributed by atoms with E-state index in [0.29, 0.717) is 11.4 Å². The molecule has 3 aromatic carbocycles. The van der Waals surface area contributed by atoms with E-state index in [1.807, 2.05) is 6.92 Å². The van der Waals surface area contributed by atoms with Crippen LogP contribution in [0.2, 0.25) is 5.02 Å². The predicted molar refractivity (Wildman–Crippen MR) is 131 cm³/mol. The first-order valence-electron chi connectivity index (χ1n) is 11.2. The predicted octanol–water partition coefficient (Wildman–Crippen LogP) is 7.04. The number of hydrogen-bond donors (Lipinski definition) is 0. The third-order valence-electron chi connectivity index (χ3n) is 5.12. The van der Waals surface area contributed by atoms with Crippen LogP contribution in [-0.4, -0.2) is 18.5 Å². The molecule has 4 rings (SSSR count). The minimum atomic E-state index is -5.09. The fourth-order valence-electron chi connectivity index (χ4n) is 3.31. The highest BCUT2D eigenvalue weighted by Gasteiger charge is 2.40. The molecule has 0 aliphatic heterocycles. The molecule has 0 unspecified atom stereocenters. The molecule has 11 heteroatoms. The summed E-state index contributed by atoms with van der Waals surface area (Å²) in [5.41, 5.74) is -1.25. The summed E-state index contributed by atoms with van der Waals surface area (Å²) >= 11 is 5.79. The van der Waals surface area contributed by atoms with Crippen molar-refractivity contribution < 1.29 is 41.4 Å². The van der Waals surface area contributed by atoms with Crippen LogP contribution >= 0.6 is 11.6 Å². The van der Waals surface area contributed by atoms with Gasteiger partial charge in [-0.3, -0.25) is 4.79 Å². The van der Waals surface area contributed by atoms with E-state index in [1.54, 1.807) is 0 Å². The Morgan fingerprint density at radius 1 is 0.895 bits per heavy atom. The Hall–Kier alpha value is -4.31. The summed E-state index contributed by atoms with van der Waals surface area (Å²) in [6.07, 6.45) is -4.47. The Morgan fingerprint density at radius 3 is 2.13 bits per heavy atom. The van der Waals surface area contributed by atoms with Gasteiger partial charge in [-0.25, -0.2) is 9.59 Å². The van der Waals surface area contributed by atoms with Gasteiger partial charge in [-0.2, -0.15) is 13.2 Å². The number of rotatable bonds is 7. The smallest absolute Gasteiger partial charge is 0.453 e. The molecule has 1 heterocycles. The molecule has 0 aliphatic rings. The second-order valence-electron chi connectivity index (χ2n) is 7.90. The van der Waals surface area contributed by atoms with Crippen molar-refractivity contribution in [3.05, 3.63) is 98.9 Å². The summed E-state index contributed by atoms with van der Waals surface area (Å²) in [6.45, 7) is 2.04. The molecule has 0 radical (unpaired) electrons. The van der Waals surface area contributed by atoms with Gasteiger partial charge in [0, 0.05) is 11.1 Å². The Kier molecular flexibility index (Phi) is 7.72. The summed E-state index contributed by atoms with van der Waals surface area (Å²) in [5, 5.41) is 0.163. The maximum absolute atomic E-state index is 13.8. The number of hydrogen-bond acceptors (Lipinski definition) is 7. The summed E-state index contributed by atoms with van der Waals surface area (Å²) in [4.78, 5) is 37.3. The van der Waals surface area contributed by atoms with Crippen LogP contribution in [0.5, 0.6) is 17.2 Å². The van der Waals surface area contributed by atoms with Gasteiger partial charge in [-0.15, -0.1) is 0 Å². The minimum Gasteiger partial charge on any atom is -0.462 e. The Labute approximate surface area is 218 Å². The Bertz CT molecular complexity index is 1540. The van der Waals surface area contributed by atoms with Gasteiger partial charge in [-0.05, 0) is 67.1 Å². The first-order valence-corrected chi connectivity index (χ1v) is 11.6. The zero-order valence-corrected chi connectivity index (χ0v) is 20.4. The first kappa shape index (κ1) is 26.7. The molecule has 0 bridgehead atoms. The largest absolute Gasteiger partial charge is 0.462 e. The summed E-state index contributed by atoms with van der Waals surface area (Å²) < 4.78 is 62.0. The van der Waals surface area contributed by atoms with E-state index in [0.717, 1.165) is 12.1 Å². The van der Waals surface area contributed by atoms with E-state index in [9.17, 15) is 27.6 Å². The van der Waals surface area contributed by atoms with Crippen molar-refractivity contribution in [3.63, 3.8) is 0 Å². The zero-order chi connectivity index (χ0) is 27.4. The average molecular weight is 547 g/mol. The molecule has 38 heavy (non-hydrogen) atoms. The summed E-state index contributed by atoms with van der Waals surface area (Å²) in [6, 6.07) is 14.2. The lowest BCUT2D eigenvalue weighted by atomic mass is 10.2. The van der Waals surface area contributed by atoms with Crippen molar-refractivity contribution in [1.82, 2.24) is 0 Å². The Balaban J connectivity index is 1.66. The van der Waals surface area contributed by atoms with Gasteiger partial charge < -0.3 is 18.6 Å². The van der Waals surface area contributed by atoms with Crippen molar-refractivity contribution in [3.8, 4) is 17.2 Å². The van der Waals surface area contributed by atoms with Crippen LogP contribution in [0.3, 0.4) is 0 Å². The Morgan fingerprint density at radius 2 is 1.50 bits per heavy atom. The van der Waals surface area contributed by atoms with Gasteiger partial charge in [0.05, 0.1) is 23.1 Å². The molecule has 0 atom stereocenters. The lowest BCUT2D eigenvalue weighted by Gasteiger charge is -2.14. The van der Waals surface area contributed by atoms with Gasteiger partial charge in [0.1, 0.15) is 17.1 Å². The molecule has 4 aromatic rings. The molecule has 0 saturated carbocycles. The quantitative estimate of drug-likeness (QED) is 0.181. The van der Waals surface area contributed by atoms with Crippen LogP contribution < -0.4 is 14.9 Å². The van der Waals surface area contributed by atoms with Crippen LogP contribution in [0.15, 0.2) is 75.9 Å². The third kappa shape index (κ3) is 5.97. The molecule has 7 nitrogen and oxygen atoms in total. The van der Waals surface area contributed by atoms with E-state index in [-0.39, 0.29) is 34.6 Å². The number of ether oxygens (including phenoxy) is 3. The second-order valence-corrected chi connectivity index (χ2v) is 8.34. The maximum atomic E-state index is 13.8. The van der Waals surface area contributed by atoms with Gasteiger partial charge in [-0.1, -0.05) is 18.5 Å². The van der Waals surface area contributed by atoms with Crippen LogP contribution in [0, 0.1) is 0 Å². The lowest BCUT2D eigenvalue weighted by Crippen LogP contribution is -2.16. The number of carbonyl (C=O) groups excluding carboxylic acids is 2. The summed E-state index contributed by atoms with van der Waals surface area (Å²) in [5.74, 6) is -4.44. The van der Waals surface area contributed by atoms with Crippen molar-refractivity contribution in [2.75, 3.05) is 6.61 Å². The van der Waals surface area contributed by atoms with Crippen LogP contribution in [0.25, 0.3) is 11.0 Å². The molecular weight excluding hydrogens is 529 g/mol. The molecule has 196 valence electrons. The van der Waals surface area contributed by atoms with E-state index in [4.69, 9.17) is 30.2 Å². The number of benzene rings is 3. The van der Waals surface area contributed by atoms with Gasteiger partial charge >= 0.3 is 18.1 Å². The highest BCUT2D eigenvalue weighted by molar-refractivity contribution is 6.30. The van der Waals surface area contributed by atoms with E-state index >= 15 is 0 Å². The molecule has 0 amide bonds. The monoisotopic (exact) mass is 546 g/mol. The normalized spacial score (nSPS) is 11.3. The van der Waals surface area contributed by atoms with E-state index in [1.165, 1.54) is 54.6 Å². The van der Waals surface area contributed by atoms with Crippen molar-refractivity contribution >= 4 is 34.5 Å². The fourth-order valence-corrected chi connectivity index (χ4v) is 3.43. The highest BCUT2D eigenvalue weighted by Crippen LogP contribution is 2.38. The van der Waals surface area contributed by atoms with Crippen molar-refractivity contribution in [2.45, 2.75) is 19.5 Å². The second kappa shape index (κ2) is 11.0. The topological polar surface area (TPSA) is 92.0 Å². The molecule has 1 aromatic heterocycles. The van der Waals surface area contributed by atoms with E-state index in [2.05, 4.69) is 0 Å². The number of carbonyl (C=O) groups is 2. The van der Waals surface area contributed by atoms with Crippen LogP contribution in [0.1, 0.15) is 39.8 Å². The SMILES string of the molecule is CCCOC(=O)c1ccc(Oc2c(C(F)(F)F)oc3cc(OC(=O)c4ccc(Cl)cc4)ccc3c2=O)cc1. The molecule has 0 fully saturated rings. The number of esters is 2. The fraction of sp³-hybridized carbons (Fsp3) is 0.148. The van der Waals surface area contributed by atoms with Crippen LogP contribution in [-0.2, 0) is 10.9 Å². The lowest BCUT2D eigenvalue weighted by molar-refractivity contribution is -0.154. The van der Waals surface area contributed by atoms with Crippen molar-refractivity contribution in [2.24, 2.45) is 0 Å². The standard InChI is InChI=1S/C27H18ClF3O7/c1-2-13-35-25(33)15-5-9-18(10-6-15)36-23-22(32)20-12-11-19(14-21(20)38-24(23)27(29,30)31)37-26(34)16-3-7-17(28)8-4-16/h3-12,14H,2,13H2,1H3. The van der Waals surface area contributed by atoms with Crippen LogP contribution in [0.4, 0.5) is 13.2 Å². The van der Waals surface area contributed by atoms with Gasteiger partial charge in [0.25, 0.3) is 5.76 Å². The van der Waals surface area contributed by atoms with E-state index < -0.39 is 40.6 Å². The average Bonchev–Trinajstić information content (AvgIpc) is 2.88. The molecule has 0 spiro atoms. The zero-order valence-electron chi connectivity index (χ0n) is 19.6. The maximum Gasteiger partial charge on any atom is 0.453 e. The van der Waals surface area contributed by atoms with Gasteiger partial charge in [0.15, 0.2) is 0 Å². The highest BCUT2D eigenvalue weighted by atomic mass is 35.5. The first-order chi connectivity index (χ1) is 18.1. The van der Waals surface area contributed by atoms with Crippen molar-refractivity contribution in [1.29, 1.82) is 0 Å². The van der Waals surface area contributed by atoms with Gasteiger partial charge in [0.2, 0.25) is 11.2 Å². The molecule has 0 saturated heterocycles. The third-order valence-corrected chi connectivity index (χ3v) is 5.37. The molecule has 0 aliphatic carbocycles. The molecular formula is C27H18ClF3O7. The number of fused-ring (bicyclic) bond motifs is 1. The molecule has 0 N–H and O–H groups in total. The number of halogens is 4. The number of alkyl halides is 3. The summed E-state index contributed by atoms with van der Waals surface area (Å²) in [7, 11) is 0. The minimum absolute atomic E-state index is 0.136.